The Kier molecular flexibility index (Phi) is 5.01. The number of aliphatic hydroxyl groups is 1. The van der Waals surface area contributed by atoms with E-state index in [0.29, 0.717) is 22.7 Å². The largest absolute Gasteiger partial charge is 0.493 e. The van der Waals surface area contributed by atoms with Crippen LogP contribution in [0.1, 0.15) is 24.2 Å². The van der Waals surface area contributed by atoms with Crippen molar-refractivity contribution >= 4 is 11.6 Å². The molecule has 5 heteroatoms. The molecule has 2 rings (SSSR count). The highest BCUT2D eigenvalue weighted by molar-refractivity contribution is 5.90. The van der Waals surface area contributed by atoms with Crippen LogP contribution in [0.3, 0.4) is 0 Å². The third-order valence-corrected chi connectivity index (χ3v) is 3.28. The Labute approximate surface area is 129 Å². The van der Waals surface area contributed by atoms with Crippen molar-refractivity contribution in [1.82, 2.24) is 0 Å². The van der Waals surface area contributed by atoms with Crippen molar-refractivity contribution < 1.29 is 19.4 Å². The molecule has 2 N–H and O–H groups in total. The summed E-state index contributed by atoms with van der Waals surface area (Å²) in [6.45, 7) is 1.41. The lowest BCUT2D eigenvalue weighted by atomic mass is 9.99. The smallest absolute Gasteiger partial charge is 0.221 e. The van der Waals surface area contributed by atoms with E-state index >= 15 is 0 Å². The maximum atomic E-state index is 11.4. The normalized spacial score (nSPS) is 11.6. The summed E-state index contributed by atoms with van der Waals surface area (Å²) < 4.78 is 10.5. The van der Waals surface area contributed by atoms with Crippen molar-refractivity contribution in [3.05, 3.63) is 53.6 Å². The fraction of sp³-hybridized carbons (Fsp3) is 0.235. The quantitative estimate of drug-likeness (QED) is 0.891. The minimum absolute atomic E-state index is 0.228. The van der Waals surface area contributed by atoms with E-state index in [-0.39, 0.29) is 5.91 Å². The lowest BCUT2D eigenvalue weighted by Crippen LogP contribution is -2.11. The number of ether oxygens (including phenoxy) is 2. The Bertz CT molecular complexity index is 655. The van der Waals surface area contributed by atoms with Crippen molar-refractivity contribution in [2.24, 2.45) is 0 Å². The Balaban J connectivity index is 2.53. The van der Waals surface area contributed by atoms with Gasteiger partial charge in [-0.1, -0.05) is 30.3 Å². The van der Waals surface area contributed by atoms with Crippen LogP contribution in [0, 0.1) is 0 Å². The molecule has 1 amide bonds. The predicted molar refractivity (Wildman–Crippen MR) is 84.4 cm³/mol. The summed E-state index contributed by atoms with van der Waals surface area (Å²) in [7, 11) is 3.04. The highest BCUT2D eigenvalue weighted by Gasteiger charge is 2.19. The zero-order valence-corrected chi connectivity index (χ0v) is 12.8. The lowest BCUT2D eigenvalue weighted by molar-refractivity contribution is -0.114. The van der Waals surface area contributed by atoms with Gasteiger partial charge in [0.05, 0.1) is 19.9 Å². The van der Waals surface area contributed by atoms with Gasteiger partial charge in [0.25, 0.3) is 0 Å². The summed E-state index contributed by atoms with van der Waals surface area (Å²) in [6, 6.07) is 12.5. The van der Waals surface area contributed by atoms with Gasteiger partial charge in [-0.2, -0.15) is 0 Å². The molecule has 5 nitrogen and oxygen atoms in total. The van der Waals surface area contributed by atoms with Crippen LogP contribution in [0.5, 0.6) is 11.5 Å². The second-order valence-corrected chi connectivity index (χ2v) is 4.79. The van der Waals surface area contributed by atoms with Crippen LogP contribution in [0.15, 0.2) is 42.5 Å². The number of carbonyl (C=O) groups is 1. The van der Waals surface area contributed by atoms with Gasteiger partial charge < -0.3 is 19.9 Å². The van der Waals surface area contributed by atoms with E-state index in [1.165, 1.54) is 21.1 Å². The SMILES string of the molecule is COc1cc(NC(C)=O)c(C(O)c2ccccc2)cc1OC. The van der Waals surface area contributed by atoms with Crippen molar-refractivity contribution in [3.63, 3.8) is 0 Å². The summed E-state index contributed by atoms with van der Waals surface area (Å²) >= 11 is 0. The average molecular weight is 301 g/mol. The molecular weight excluding hydrogens is 282 g/mol. The number of aliphatic hydroxyl groups excluding tert-OH is 1. The molecule has 0 aliphatic carbocycles. The van der Waals surface area contributed by atoms with Gasteiger partial charge in [-0.05, 0) is 11.6 Å². The first kappa shape index (κ1) is 15.9. The van der Waals surface area contributed by atoms with Gasteiger partial charge in [-0.25, -0.2) is 0 Å². The second-order valence-electron chi connectivity index (χ2n) is 4.79. The topological polar surface area (TPSA) is 67.8 Å². The molecule has 1 unspecified atom stereocenters. The minimum Gasteiger partial charge on any atom is -0.493 e. The van der Waals surface area contributed by atoms with E-state index in [9.17, 15) is 9.90 Å². The summed E-state index contributed by atoms with van der Waals surface area (Å²) in [6.07, 6.45) is -0.886. The molecule has 116 valence electrons. The zero-order chi connectivity index (χ0) is 16.1. The maximum Gasteiger partial charge on any atom is 0.221 e. The number of hydrogen-bond donors (Lipinski definition) is 2. The van der Waals surface area contributed by atoms with Gasteiger partial charge in [-0.3, -0.25) is 4.79 Å². The van der Waals surface area contributed by atoms with Gasteiger partial charge in [0.15, 0.2) is 11.5 Å². The third kappa shape index (κ3) is 3.38. The molecule has 22 heavy (non-hydrogen) atoms. The van der Waals surface area contributed by atoms with Crippen LogP contribution in [-0.2, 0) is 4.79 Å². The number of amides is 1. The van der Waals surface area contributed by atoms with Crippen molar-refractivity contribution in [1.29, 1.82) is 0 Å². The molecule has 1 atom stereocenters. The van der Waals surface area contributed by atoms with Crippen LogP contribution in [0.25, 0.3) is 0 Å². The Hall–Kier alpha value is -2.53. The molecule has 2 aromatic carbocycles. The lowest BCUT2D eigenvalue weighted by Gasteiger charge is -2.19. The average Bonchev–Trinajstić information content (AvgIpc) is 2.54. The zero-order valence-electron chi connectivity index (χ0n) is 12.8. The summed E-state index contributed by atoms with van der Waals surface area (Å²) in [5.74, 6) is 0.741. The molecule has 0 spiro atoms. The van der Waals surface area contributed by atoms with E-state index in [1.54, 1.807) is 12.1 Å². The molecular formula is C17H19NO4. The number of anilines is 1. The van der Waals surface area contributed by atoms with Gasteiger partial charge in [0.1, 0.15) is 6.10 Å². The predicted octanol–water partition coefficient (Wildman–Crippen LogP) is 2.74. The van der Waals surface area contributed by atoms with Crippen LogP contribution in [0.2, 0.25) is 0 Å². The monoisotopic (exact) mass is 301 g/mol. The van der Waals surface area contributed by atoms with E-state index in [4.69, 9.17) is 9.47 Å². The third-order valence-electron chi connectivity index (χ3n) is 3.28. The summed E-state index contributed by atoms with van der Waals surface area (Å²) in [5, 5.41) is 13.3. The first-order chi connectivity index (χ1) is 10.6. The highest BCUT2D eigenvalue weighted by atomic mass is 16.5. The molecule has 0 fully saturated rings. The van der Waals surface area contributed by atoms with Gasteiger partial charge in [-0.15, -0.1) is 0 Å². The molecule has 0 aliphatic rings. The molecule has 0 saturated heterocycles. The van der Waals surface area contributed by atoms with Gasteiger partial charge in [0.2, 0.25) is 5.91 Å². The summed E-state index contributed by atoms with van der Waals surface area (Å²) in [5.41, 5.74) is 1.75. The Morgan fingerprint density at radius 3 is 2.23 bits per heavy atom. The number of benzene rings is 2. The number of nitrogens with one attached hydrogen (secondary N) is 1. The van der Waals surface area contributed by atoms with Crippen LogP contribution in [-0.4, -0.2) is 25.2 Å². The second kappa shape index (κ2) is 6.95. The van der Waals surface area contributed by atoms with E-state index < -0.39 is 6.10 Å². The molecule has 0 saturated carbocycles. The fourth-order valence-electron chi connectivity index (χ4n) is 2.23. The van der Waals surface area contributed by atoms with Crippen molar-refractivity contribution in [2.75, 3.05) is 19.5 Å². The number of hydrogen-bond acceptors (Lipinski definition) is 4. The maximum absolute atomic E-state index is 11.4. The summed E-state index contributed by atoms with van der Waals surface area (Å²) in [4.78, 5) is 11.4. The molecule has 0 bridgehead atoms. The standard InChI is InChI=1S/C17H19NO4/c1-11(19)18-14-10-16(22-3)15(21-2)9-13(14)17(20)12-7-5-4-6-8-12/h4-10,17,20H,1-3H3,(H,18,19). The molecule has 2 aromatic rings. The number of methoxy groups -OCH3 is 2. The van der Waals surface area contributed by atoms with Crippen molar-refractivity contribution in [2.45, 2.75) is 13.0 Å². The first-order valence-electron chi connectivity index (χ1n) is 6.83. The van der Waals surface area contributed by atoms with Gasteiger partial charge in [0, 0.05) is 18.6 Å². The minimum atomic E-state index is -0.886. The molecule has 0 radical (unpaired) electrons. The molecule has 0 heterocycles. The van der Waals surface area contributed by atoms with Crippen LogP contribution in [0.4, 0.5) is 5.69 Å². The molecule has 0 aromatic heterocycles. The number of carbonyl (C=O) groups excluding carboxylic acids is 1. The van der Waals surface area contributed by atoms with E-state index in [0.717, 1.165) is 5.56 Å². The Morgan fingerprint density at radius 1 is 1.09 bits per heavy atom. The van der Waals surface area contributed by atoms with Crippen LogP contribution < -0.4 is 14.8 Å². The van der Waals surface area contributed by atoms with Crippen molar-refractivity contribution in [3.8, 4) is 11.5 Å². The van der Waals surface area contributed by atoms with Crippen LogP contribution >= 0.6 is 0 Å². The van der Waals surface area contributed by atoms with Gasteiger partial charge >= 0.3 is 0 Å². The van der Waals surface area contributed by atoms with E-state index in [2.05, 4.69) is 5.32 Å². The van der Waals surface area contributed by atoms with E-state index in [1.807, 2.05) is 30.3 Å². The first-order valence-corrected chi connectivity index (χ1v) is 6.83. The number of rotatable bonds is 5. The Morgan fingerprint density at radius 2 is 1.68 bits per heavy atom. The highest BCUT2D eigenvalue weighted by Crippen LogP contribution is 2.38. The molecule has 0 aliphatic heterocycles. The fourth-order valence-corrected chi connectivity index (χ4v) is 2.23.